The second-order valence-corrected chi connectivity index (χ2v) is 3.56. The third kappa shape index (κ3) is 2.99. The quantitative estimate of drug-likeness (QED) is 0.552. The molecular weight excluding hydrogens is 182 g/mol. The first-order valence-corrected chi connectivity index (χ1v) is 4.96. The zero-order valence-corrected chi connectivity index (χ0v) is 8.38. The van der Waals surface area contributed by atoms with E-state index >= 15 is 0 Å². The summed E-state index contributed by atoms with van der Waals surface area (Å²) in [4.78, 5) is 22.2. The van der Waals surface area contributed by atoms with Crippen LogP contribution in [0.1, 0.15) is 26.2 Å². The maximum absolute atomic E-state index is 11.4. The summed E-state index contributed by atoms with van der Waals surface area (Å²) >= 11 is 0. The van der Waals surface area contributed by atoms with Gasteiger partial charge in [0.1, 0.15) is 0 Å². The second kappa shape index (κ2) is 4.95. The molecule has 4 N–H and O–H groups in total. The Labute approximate surface area is 83.4 Å². The normalized spacial score (nSPS) is 23.9. The smallest absolute Gasteiger partial charge is 0.237 e. The van der Waals surface area contributed by atoms with Crippen molar-refractivity contribution in [1.29, 1.82) is 0 Å². The molecule has 1 aliphatic rings. The highest BCUT2D eigenvalue weighted by molar-refractivity contribution is 5.82. The predicted molar refractivity (Wildman–Crippen MR) is 52.4 cm³/mol. The van der Waals surface area contributed by atoms with Crippen molar-refractivity contribution in [3.05, 3.63) is 0 Å². The lowest BCUT2D eigenvalue weighted by Crippen LogP contribution is -2.51. The third-order valence-electron chi connectivity index (χ3n) is 2.39. The van der Waals surface area contributed by atoms with Crippen LogP contribution in [0.3, 0.4) is 0 Å². The number of nitrogens with two attached hydrogens (primary N) is 1. The summed E-state index contributed by atoms with van der Waals surface area (Å²) in [5.74, 6) is -0.0797. The van der Waals surface area contributed by atoms with Crippen LogP contribution < -0.4 is 16.4 Å². The summed E-state index contributed by atoms with van der Waals surface area (Å²) in [6.45, 7) is 2.38. The molecule has 0 spiro atoms. The first-order chi connectivity index (χ1) is 6.63. The molecule has 0 aliphatic carbocycles. The van der Waals surface area contributed by atoms with Crippen LogP contribution in [0.2, 0.25) is 0 Å². The molecule has 2 atom stereocenters. The topological polar surface area (TPSA) is 84.2 Å². The summed E-state index contributed by atoms with van der Waals surface area (Å²) in [6, 6.07) is -0.398. The van der Waals surface area contributed by atoms with Crippen LogP contribution in [0.4, 0.5) is 0 Å². The number of hydrogen-bond acceptors (Lipinski definition) is 3. The molecule has 1 aliphatic heterocycles. The monoisotopic (exact) mass is 199 g/mol. The van der Waals surface area contributed by atoms with Gasteiger partial charge in [-0.25, -0.2) is 0 Å². The summed E-state index contributed by atoms with van der Waals surface area (Å²) in [6.07, 6.45) is 1.81. The number of carbonyl (C=O) groups is 2. The zero-order valence-electron chi connectivity index (χ0n) is 8.38. The molecule has 0 radical (unpaired) electrons. The lowest BCUT2D eigenvalue weighted by molar-refractivity contribution is -0.126. The average Bonchev–Trinajstić information content (AvgIpc) is 2.20. The van der Waals surface area contributed by atoms with Gasteiger partial charge in [0.2, 0.25) is 11.8 Å². The Kier molecular flexibility index (Phi) is 3.88. The van der Waals surface area contributed by atoms with Gasteiger partial charge in [-0.2, -0.15) is 0 Å². The molecule has 0 saturated carbocycles. The minimum atomic E-state index is -0.437. The molecule has 0 aromatic rings. The third-order valence-corrected chi connectivity index (χ3v) is 2.39. The van der Waals surface area contributed by atoms with Gasteiger partial charge in [-0.15, -0.1) is 0 Å². The van der Waals surface area contributed by atoms with Crippen molar-refractivity contribution in [2.75, 3.05) is 6.54 Å². The molecule has 1 saturated heterocycles. The van der Waals surface area contributed by atoms with E-state index in [9.17, 15) is 9.59 Å². The van der Waals surface area contributed by atoms with E-state index in [4.69, 9.17) is 5.73 Å². The lowest BCUT2D eigenvalue weighted by atomic mass is 10.1. The lowest BCUT2D eigenvalue weighted by Gasteiger charge is -2.24. The Morgan fingerprint density at radius 1 is 1.79 bits per heavy atom. The van der Waals surface area contributed by atoms with Gasteiger partial charge in [-0.1, -0.05) is 6.92 Å². The number of amides is 2. The number of hydrogen-bond donors (Lipinski definition) is 3. The van der Waals surface area contributed by atoms with E-state index in [1.165, 1.54) is 0 Å². The minimum absolute atomic E-state index is 0.0396. The zero-order chi connectivity index (χ0) is 10.6. The van der Waals surface area contributed by atoms with Gasteiger partial charge in [0, 0.05) is 19.0 Å². The fourth-order valence-electron chi connectivity index (χ4n) is 1.35. The Hall–Kier alpha value is -1.10. The molecule has 5 heteroatoms. The number of rotatable bonds is 3. The van der Waals surface area contributed by atoms with E-state index in [-0.39, 0.29) is 17.9 Å². The highest BCUT2D eigenvalue weighted by Crippen LogP contribution is 2.02. The molecular formula is C9H17N3O2. The molecule has 0 aromatic carbocycles. The molecule has 5 nitrogen and oxygen atoms in total. The molecule has 80 valence electrons. The Morgan fingerprint density at radius 2 is 2.50 bits per heavy atom. The van der Waals surface area contributed by atoms with Crippen LogP contribution in [0.5, 0.6) is 0 Å². The summed E-state index contributed by atoms with van der Waals surface area (Å²) < 4.78 is 0. The molecule has 0 bridgehead atoms. The van der Waals surface area contributed by atoms with Gasteiger partial charge in [-0.3, -0.25) is 9.59 Å². The SMILES string of the molecule is CCC(N)C(=O)NC1CCC(=O)NC1. The van der Waals surface area contributed by atoms with Crippen LogP contribution in [-0.4, -0.2) is 30.4 Å². The van der Waals surface area contributed by atoms with Gasteiger partial charge in [-0.05, 0) is 12.8 Å². The Morgan fingerprint density at radius 3 is 3.00 bits per heavy atom. The van der Waals surface area contributed by atoms with Crippen molar-refractivity contribution in [1.82, 2.24) is 10.6 Å². The Balaban J connectivity index is 2.30. The van der Waals surface area contributed by atoms with E-state index in [0.29, 0.717) is 25.8 Å². The van der Waals surface area contributed by atoms with Gasteiger partial charge in [0.05, 0.1) is 6.04 Å². The molecule has 14 heavy (non-hydrogen) atoms. The second-order valence-electron chi connectivity index (χ2n) is 3.56. The van der Waals surface area contributed by atoms with Crippen molar-refractivity contribution >= 4 is 11.8 Å². The van der Waals surface area contributed by atoms with Crippen LogP contribution in [0.25, 0.3) is 0 Å². The van der Waals surface area contributed by atoms with Gasteiger partial charge in [0.15, 0.2) is 0 Å². The maximum Gasteiger partial charge on any atom is 0.237 e. The fourth-order valence-corrected chi connectivity index (χ4v) is 1.35. The first-order valence-electron chi connectivity index (χ1n) is 4.96. The van der Waals surface area contributed by atoms with E-state index in [1.54, 1.807) is 0 Å². The number of piperidine rings is 1. The largest absolute Gasteiger partial charge is 0.354 e. The van der Waals surface area contributed by atoms with E-state index in [2.05, 4.69) is 10.6 Å². The van der Waals surface area contributed by atoms with E-state index in [0.717, 1.165) is 0 Å². The van der Waals surface area contributed by atoms with Crippen LogP contribution in [-0.2, 0) is 9.59 Å². The predicted octanol–water partition coefficient (Wildman–Crippen LogP) is -0.881. The fraction of sp³-hybridized carbons (Fsp3) is 0.778. The highest BCUT2D eigenvalue weighted by atomic mass is 16.2. The summed E-state index contributed by atoms with van der Waals surface area (Å²) in [7, 11) is 0. The van der Waals surface area contributed by atoms with Crippen LogP contribution in [0.15, 0.2) is 0 Å². The van der Waals surface area contributed by atoms with Crippen molar-refractivity contribution < 1.29 is 9.59 Å². The first kappa shape index (κ1) is 11.0. The van der Waals surface area contributed by atoms with Crippen molar-refractivity contribution in [3.63, 3.8) is 0 Å². The summed E-state index contributed by atoms with van der Waals surface area (Å²) in [5, 5.41) is 5.51. The Bertz CT molecular complexity index is 220. The molecule has 2 amide bonds. The number of carbonyl (C=O) groups excluding carboxylic acids is 2. The van der Waals surface area contributed by atoms with Crippen molar-refractivity contribution in [3.8, 4) is 0 Å². The molecule has 1 rings (SSSR count). The van der Waals surface area contributed by atoms with Gasteiger partial charge in [0.25, 0.3) is 0 Å². The van der Waals surface area contributed by atoms with E-state index < -0.39 is 6.04 Å². The average molecular weight is 199 g/mol. The van der Waals surface area contributed by atoms with Crippen molar-refractivity contribution in [2.45, 2.75) is 38.3 Å². The van der Waals surface area contributed by atoms with Crippen LogP contribution >= 0.6 is 0 Å². The standard InChI is InChI=1S/C9H17N3O2/c1-2-7(10)9(14)12-6-3-4-8(13)11-5-6/h6-7H,2-5,10H2,1H3,(H,11,13)(H,12,14). The van der Waals surface area contributed by atoms with Crippen LogP contribution in [0, 0.1) is 0 Å². The summed E-state index contributed by atoms with van der Waals surface area (Å²) in [5.41, 5.74) is 5.56. The van der Waals surface area contributed by atoms with Gasteiger partial charge < -0.3 is 16.4 Å². The van der Waals surface area contributed by atoms with Crippen molar-refractivity contribution in [2.24, 2.45) is 5.73 Å². The van der Waals surface area contributed by atoms with E-state index in [1.807, 2.05) is 6.92 Å². The molecule has 1 fully saturated rings. The minimum Gasteiger partial charge on any atom is -0.354 e. The maximum atomic E-state index is 11.4. The highest BCUT2D eigenvalue weighted by Gasteiger charge is 2.21. The molecule has 0 aromatic heterocycles. The molecule has 2 unspecified atom stereocenters. The van der Waals surface area contributed by atoms with Gasteiger partial charge >= 0.3 is 0 Å². The molecule has 1 heterocycles. The number of nitrogens with one attached hydrogen (secondary N) is 2.